The Morgan fingerprint density at radius 1 is 1.09 bits per heavy atom. The van der Waals surface area contributed by atoms with Crippen molar-refractivity contribution in [2.45, 2.75) is 19.4 Å². The number of carbonyl (C=O) groups is 2. The first-order chi connectivity index (χ1) is 11.2. The van der Waals surface area contributed by atoms with Crippen LogP contribution in [0.15, 0.2) is 54.6 Å². The summed E-state index contributed by atoms with van der Waals surface area (Å²) < 4.78 is 5.38. The van der Waals surface area contributed by atoms with E-state index in [4.69, 9.17) is 4.74 Å². The fourth-order valence-electron chi connectivity index (χ4n) is 2.61. The molecule has 0 aliphatic carbocycles. The van der Waals surface area contributed by atoms with E-state index in [0.717, 1.165) is 5.69 Å². The SMILES string of the molecule is CCOc1ccc(N2C(=O)CC(Nc3ccccc3)C2=O)cc1. The standard InChI is InChI=1S/C18H18N2O3/c1-2-23-15-10-8-14(9-11-15)20-17(21)12-16(18(20)22)19-13-6-4-3-5-7-13/h3-11,16,19H,2,12H2,1H3. The van der Waals surface area contributed by atoms with Crippen molar-refractivity contribution in [1.82, 2.24) is 0 Å². The summed E-state index contributed by atoms with van der Waals surface area (Å²) in [6.45, 7) is 2.48. The zero-order chi connectivity index (χ0) is 16.2. The lowest BCUT2D eigenvalue weighted by Crippen LogP contribution is -2.34. The lowest BCUT2D eigenvalue weighted by Gasteiger charge is -2.16. The second-order valence-electron chi connectivity index (χ2n) is 5.26. The van der Waals surface area contributed by atoms with Crippen LogP contribution < -0.4 is 15.0 Å². The van der Waals surface area contributed by atoms with Crippen molar-refractivity contribution in [3.63, 3.8) is 0 Å². The molecule has 2 amide bonds. The number of anilines is 2. The number of carbonyl (C=O) groups excluding carboxylic acids is 2. The van der Waals surface area contributed by atoms with E-state index in [9.17, 15) is 9.59 Å². The van der Waals surface area contributed by atoms with Gasteiger partial charge in [-0.2, -0.15) is 0 Å². The maximum absolute atomic E-state index is 12.5. The van der Waals surface area contributed by atoms with E-state index in [1.165, 1.54) is 4.90 Å². The van der Waals surface area contributed by atoms with Crippen molar-refractivity contribution >= 4 is 23.2 Å². The number of nitrogens with zero attached hydrogens (tertiary/aromatic N) is 1. The molecule has 1 saturated heterocycles. The van der Waals surface area contributed by atoms with Gasteiger partial charge in [0.15, 0.2) is 0 Å². The lowest BCUT2D eigenvalue weighted by atomic mass is 10.2. The first-order valence-corrected chi connectivity index (χ1v) is 7.60. The number of rotatable bonds is 5. The van der Waals surface area contributed by atoms with Gasteiger partial charge in [0.05, 0.1) is 18.7 Å². The molecule has 2 aromatic rings. The second-order valence-corrected chi connectivity index (χ2v) is 5.26. The highest BCUT2D eigenvalue weighted by molar-refractivity contribution is 6.23. The largest absolute Gasteiger partial charge is 0.494 e. The van der Waals surface area contributed by atoms with Gasteiger partial charge >= 0.3 is 0 Å². The minimum absolute atomic E-state index is 0.154. The van der Waals surface area contributed by atoms with Crippen LogP contribution in [0.3, 0.4) is 0 Å². The van der Waals surface area contributed by atoms with Crippen LogP contribution in [-0.4, -0.2) is 24.5 Å². The molecular weight excluding hydrogens is 292 g/mol. The van der Waals surface area contributed by atoms with Gasteiger partial charge in [-0.15, -0.1) is 0 Å². The van der Waals surface area contributed by atoms with Crippen LogP contribution in [0.5, 0.6) is 5.75 Å². The summed E-state index contributed by atoms with van der Waals surface area (Å²) in [6, 6.07) is 15.9. The first kappa shape index (κ1) is 15.1. The molecule has 1 atom stereocenters. The van der Waals surface area contributed by atoms with E-state index in [-0.39, 0.29) is 18.2 Å². The monoisotopic (exact) mass is 310 g/mol. The summed E-state index contributed by atoms with van der Waals surface area (Å²) in [5.41, 5.74) is 1.40. The summed E-state index contributed by atoms with van der Waals surface area (Å²) in [5.74, 6) is 0.282. The maximum Gasteiger partial charge on any atom is 0.256 e. The number of hydrogen-bond donors (Lipinski definition) is 1. The van der Waals surface area contributed by atoms with E-state index >= 15 is 0 Å². The number of hydrogen-bond acceptors (Lipinski definition) is 4. The summed E-state index contributed by atoms with van der Waals surface area (Å²) in [5, 5.41) is 3.12. The maximum atomic E-state index is 12.5. The third kappa shape index (κ3) is 3.18. The first-order valence-electron chi connectivity index (χ1n) is 7.60. The van der Waals surface area contributed by atoms with Crippen LogP contribution in [-0.2, 0) is 9.59 Å². The fourth-order valence-corrected chi connectivity index (χ4v) is 2.61. The number of benzene rings is 2. The highest BCUT2D eigenvalue weighted by atomic mass is 16.5. The molecule has 1 unspecified atom stereocenters. The normalized spacial score (nSPS) is 17.4. The lowest BCUT2D eigenvalue weighted by molar-refractivity contribution is -0.121. The van der Waals surface area contributed by atoms with E-state index < -0.39 is 6.04 Å². The molecule has 2 aromatic carbocycles. The van der Waals surface area contributed by atoms with E-state index in [0.29, 0.717) is 18.0 Å². The molecule has 1 N–H and O–H groups in total. The molecule has 1 aliphatic rings. The molecule has 0 bridgehead atoms. The highest BCUT2D eigenvalue weighted by Gasteiger charge is 2.39. The molecule has 1 aliphatic heterocycles. The minimum atomic E-state index is -0.531. The Morgan fingerprint density at radius 3 is 2.43 bits per heavy atom. The number of amides is 2. The van der Waals surface area contributed by atoms with Crippen LogP contribution >= 0.6 is 0 Å². The topological polar surface area (TPSA) is 58.6 Å². The Balaban J connectivity index is 1.76. The Morgan fingerprint density at radius 2 is 1.78 bits per heavy atom. The molecule has 0 spiro atoms. The Kier molecular flexibility index (Phi) is 4.28. The Bertz CT molecular complexity index is 698. The predicted molar refractivity (Wildman–Crippen MR) is 88.6 cm³/mol. The van der Waals surface area contributed by atoms with Gasteiger partial charge < -0.3 is 10.1 Å². The van der Waals surface area contributed by atoms with Gasteiger partial charge in [0, 0.05) is 5.69 Å². The summed E-state index contributed by atoms with van der Waals surface area (Å²) in [6.07, 6.45) is 0.154. The minimum Gasteiger partial charge on any atom is -0.494 e. The van der Waals surface area contributed by atoms with Crippen molar-refractivity contribution in [1.29, 1.82) is 0 Å². The average molecular weight is 310 g/mol. The molecule has 5 heteroatoms. The van der Waals surface area contributed by atoms with E-state index in [1.54, 1.807) is 24.3 Å². The molecule has 23 heavy (non-hydrogen) atoms. The second kappa shape index (κ2) is 6.52. The Hall–Kier alpha value is -2.82. The summed E-state index contributed by atoms with van der Waals surface area (Å²) in [7, 11) is 0. The quantitative estimate of drug-likeness (QED) is 0.863. The van der Waals surface area contributed by atoms with Crippen molar-refractivity contribution in [3.8, 4) is 5.75 Å². The van der Waals surface area contributed by atoms with Crippen LogP contribution in [0.25, 0.3) is 0 Å². The molecule has 1 fully saturated rings. The third-order valence-corrected chi connectivity index (χ3v) is 3.67. The third-order valence-electron chi connectivity index (χ3n) is 3.67. The van der Waals surface area contributed by atoms with Crippen LogP contribution in [0.1, 0.15) is 13.3 Å². The fraction of sp³-hybridized carbons (Fsp3) is 0.222. The molecule has 118 valence electrons. The van der Waals surface area contributed by atoms with Crippen molar-refractivity contribution in [2.24, 2.45) is 0 Å². The molecule has 1 heterocycles. The number of imide groups is 1. The van der Waals surface area contributed by atoms with Crippen molar-refractivity contribution in [3.05, 3.63) is 54.6 Å². The van der Waals surface area contributed by atoms with Crippen LogP contribution in [0.2, 0.25) is 0 Å². The van der Waals surface area contributed by atoms with Crippen molar-refractivity contribution in [2.75, 3.05) is 16.8 Å². The van der Waals surface area contributed by atoms with Gasteiger partial charge in [0.25, 0.3) is 5.91 Å². The van der Waals surface area contributed by atoms with Gasteiger partial charge in [-0.25, -0.2) is 4.90 Å². The summed E-state index contributed by atoms with van der Waals surface area (Å²) in [4.78, 5) is 26.0. The average Bonchev–Trinajstić information content (AvgIpc) is 2.84. The van der Waals surface area contributed by atoms with E-state index in [1.807, 2.05) is 37.3 Å². The zero-order valence-electron chi connectivity index (χ0n) is 12.9. The zero-order valence-corrected chi connectivity index (χ0v) is 12.9. The molecule has 0 aromatic heterocycles. The van der Waals surface area contributed by atoms with Gasteiger partial charge in [-0.05, 0) is 43.3 Å². The van der Waals surface area contributed by atoms with Gasteiger partial charge in [0.1, 0.15) is 11.8 Å². The molecule has 5 nitrogen and oxygen atoms in total. The van der Waals surface area contributed by atoms with Gasteiger partial charge in [0.2, 0.25) is 5.91 Å². The molecule has 3 rings (SSSR count). The number of nitrogens with one attached hydrogen (secondary N) is 1. The number of para-hydroxylation sites is 1. The van der Waals surface area contributed by atoms with E-state index in [2.05, 4.69) is 5.32 Å². The van der Waals surface area contributed by atoms with Crippen LogP contribution in [0.4, 0.5) is 11.4 Å². The number of ether oxygens (including phenoxy) is 1. The molecular formula is C18H18N2O3. The van der Waals surface area contributed by atoms with Crippen molar-refractivity contribution < 1.29 is 14.3 Å². The van der Waals surface area contributed by atoms with Gasteiger partial charge in [-0.3, -0.25) is 9.59 Å². The van der Waals surface area contributed by atoms with Gasteiger partial charge in [-0.1, -0.05) is 18.2 Å². The molecule has 0 radical (unpaired) electrons. The molecule has 0 saturated carbocycles. The van der Waals surface area contributed by atoms with Crippen LogP contribution in [0, 0.1) is 0 Å². The predicted octanol–water partition coefficient (Wildman–Crippen LogP) is 2.83. The summed E-state index contributed by atoms with van der Waals surface area (Å²) >= 11 is 0. The highest BCUT2D eigenvalue weighted by Crippen LogP contribution is 2.26. The smallest absolute Gasteiger partial charge is 0.256 e. The Labute approximate surface area is 134 Å².